The van der Waals surface area contributed by atoms with E-state index in [1.807, 2.05) is 35.1 Å². The van der Waals surface area contributed by atoms with Gasteiger partial charge in [-0.2, -0.15) is 17.9 Å². The van der Waals surface area contributed by atoms with Crippen molar-refractivity contribution in [1.29, 1.82) is 0 Å². The molecule has 7 nitrogen and oxygen atoms in total. The first-order valence-electron chi connectivity index (χ1n) is 9.73. The van der Waals surface area contributed by atoms with Crippen molar-refractivity contribution in [2.24, 2.45) is 0 Å². The van der Waals surface area contributed by atoms with Gasteiger partial charge in [0.1, 0.15) is 0 Å². The van der Waals surface area contributed by atoms with Crippen LogP contribution in [-0.2, 0) is 32.3 Å². The number of likely N-dealkylation sites (N-methyl/N-ethyl adjacent to an activating group) is 1. The molecular weight excluding hydrogens is 447 g/mol. The Morgan fingerprint density at radius 3 is 2.22 bits per heavy atom. The summed E-state index contributed by atoms with van der Waals surface area (Å²) >= 11 is 0. The van der Waals surface area contributed by atoms with E-state index in [1.54, 1.807) is 6.92 Å². The Hall–Kier alpha value is -2.92. The highest BCUT2D eigenvalue weighted by Gasteiger charge is 2.37. The van der Waals surface area contributed by atoms with Gasteiger partial charge in [-0.25, -0.2) is 8.42 Å². The minimum Gasteiger partial charge on any atom is -0.346 e. The van der Waals surface area contributed by atoms with E-state index in [-0.39, 0.29) is 12.5 Å². The quantitative estimate of drug-likeness (QED) is 0.588. The van der Waals surface area contributed by atoms with Crippen LogP contribution in [0.4, 0.5) is 13.2 Å². The Morgan fingerprint density at radius 2 is 1.62 bits per heavy atom. The number of benzene rings is 2. The number of nitrogens with one attached hydrogen (secondary N) is 2. The number of carbonyl (C=O) groups is 2. The Balaban J connectivity index is 2.00. The summed E-state index contributed by atoms with van der Waals surface area (Å²) in [6.07, 6.45) is -4.88. The third kappa shape index (κ3) is 6.79. The molecule has 0 saturated carbocycles. The van der Waals surface area contributed by atoms with Crippen molar-refractivity contribution in [2.45, 2.75) is 37.5 Å². The van der Waals surface area contributed by atoms with Gasteiger partial charge in [0.2, 0.25) is 21.8 Å². The average Bonchev–Trinajstić information content (AvgIpc) is 2.75. The van der Waals surface area contributed by atoms with Crippen molar-refractivity contribution in [2.75, 3.05) is 13.1 Å². The van der Waals surface area contributed by atoms with Crippen LogP contribution in [0.2, 0.25) is 0 Å². The molecular formula is C21H24F3N3O4S. The van der Waals surface area contributed by atoms with Gasteiger partial charge < -0.3 is 10.2 Å². The summed E-state index contributed by atoms with van der Waals surface area (Å²) in [5.74, 6) is -1.23. The smallest absolute Gasteiger partial charge is 0.346 e. The second kappa shape index (κ2) is 10.6. The molecule has 0 aliphatic rings. The second-order valence-corrected chi connectivity index (χ2v) is 8.63. The first-order chi connectivity index (χ1) is 15.0. The van der Waals surface area contributed by atoms with Crippen LogP contribution in [0, 0.1) is 0 Å². The Morgan fingerprint density at radius 1 is 1.03 bits per heavy atom. The van der Waals surface area contributed by atoms with Crippen molar-refractivity contribution in [1.82, 2.24) is 14.9 Å². The molecule has 0 aliphatic carbocycles. The predicted octanol–water partition coefficient (Wildman–Crippen LogP) is 2.54. The van der Waals surface area contributed by atoms with Crippen LogP contribution in [0.15, 0.2) is 59.5 Å². The molecule has 11 heteroatoms. The summed E-state index contributed by atoms with van der Waals surface area (Å²) in [7, 11) is -4.64. The third-order valence-corrected chi connectivity index (χ3v) is 6.17. The molecule has 174 valence electrons. The molecule has 2 amide bonds. The number of sulfonamides is 1. The highest BCUT2D eigenvalue weighted by atomic mass is 32.2. The number of nitrogens with zero attached hydrogens (tertiary/aromatic N) is 1. The van der Waals surface area contributed by atoms with Crippen LogP contribution >= 0.6 is 0 Å². The van der Waals surface area contributed by atoms with E-state index in [0.717, 1.165) is 23.8 Å². The number of alkyl halides is 3. The Labute approximate surface area is 184 Å². The minimum absolute atomic E-state index is 0.336. The molecule has 0 spiro atoms. The highest BCUT2D eigenvalue weighted by molar-refractivity contribution is 7.89. The van der Waals surface area contributed by atoms with Crippen LogP contribution in [0.3, 0.4) is 0 Å². The Bertz CT molecular complexity index is 1040. The lowest BCUT2D eigenvalue weighted by Crippen LogP contribution is -2.48. The fourth-order valence-electron chi connectivity index (χ4n) is 2.89. The third-order valence-electron chi connectivity index (χ3n) is 4.57. The van der Waals surface area contributed by atoms with E-state index < -0.39 is 38.6 Å². The van der Waals surface area contributed by atoms with Crippen LogP contribution < -0.4 is 10.0 Å². The number of carbonyl (C=O) groups excluding carboxylic acids is 2. The van der Waals surface area contributed by atoms with Crippen molar-refractivity contribution >= 4 is 21.8 Å². The van der Waals surface area contributed by atoms with Gasteiger partial charge >= 0.3 is 6.18 Å². The zero-order valence-electron chi connectivity index (χ0n) is 17.5. The monoisotopic (exact) mass is 471 g/mol. The molecule has 0 heterocycles. The van der Waals surface area contributed by atoms with E-state index in [2.05, 4.69) is 5.32 Å². The summed E-state index contributed by atoms with van der Waals surface area (Å²) in [5.41, 5.74) is -0.437. The molecule has 0 aliphatic heterocycles. The van der Waals surface area contributed by atoms with E-state index in [0.29, 0.717) is 19.2 Å². The molecule has 0 unspecified atom stereocenters. The number of amides is 2. The number of halogens is 3. The summed E-state index contributed by atoms with van der Waals surface area (Å²) in [4.78, 5) is 25.2. The lowest BCUT2D eigenvalue weighted by atomic mass is 10.2. The summed E-state index contributed by atoms with van der Waals surface area (Å²) in [5, 5.41) is 2.32. The molecule has 0 radical (unpaired) electrons. The van der Waals surface area contributed by atoms with Crippen molar-refractivity contribution < 1.29 is 31.2 Å². The van der Waals surface area contributed by atoms with Gasteiger partial charge in [-0.3, -0.25) is 9.59 Å². The summed E-state index contributed by atoms with van der Waals surface area (Å²) in [6, 6.07) is 11.5. The molecule has 0 saturated heterocycles. The molecule has 32 heavy (non-hydrogen) atoms. The zero-order valence-corrected chi connectivity index (χ0v) is 18.3. The van der Waals surface area contributed by atoms with Gasteiger partial charge in [-0.15, -0.1) is 0 Å². The second-order valence-electron chi connectivity index (χ2n) is 6.95. The number of rotatable bonds is 9. The fraction of sp³-hybridized carbons (Fsp3) is 0.333. The molecule has 1 atom stereocenters. The maximum atomic E-state index is 13.1. The van der Waals surface area contributed by atoms with Crippen LogP contribution in [0.1, 0.15) is 25.0 Å². The Kier molecular flexibility index (Phi) is 8.39. The fourth-order valence-corrected chi connectivity index (χ4v) is 4.32. The van der Waals surface area contributed by atoms with Gasteiger partial charge in [0.05, 0.1) is 23.0 Å². The van der Waals surface area contributed by atoms with E-state index in [4.69, 9.17) is 0 Å². The standard InChI is InChI=1S/C21H24F3N3O4S/c1-3-27(14-16-9-5-4-6-10-16)19(28)13-25-20(29)15(2)26-32(30,31)18-12-8-7-11-17(18)21(22,23)24/h4-12,15,26H,3,13-14H2,1-2H3,(H,25,29)/t15-/m0/s1. The molecule has 0 bridgehead atoms. The topological polar surface area (TPSA) is 95.6 Å². The normalized spacial score (nSPS) is 12.8. The molecule has 2 rings (SSSR count). The maximum Gasteiger partial charge on any atom is 0.417 e. The minimum atomic E-state index is -4.88. The summed E-state index contributed by atoms with van der Waals surface area (Å²) in [6.45, 7) is 3.29. The molecule has 0 aromatic heterocycles. The molecule has 2 aromatic rings. The van der Waals surface area contributed by atoms with E-state index in [9.17, 15) is 31.2 Å². The first-order valence-corrected chi connectivity index (χ1v) is 11.2. The van der Waals surface area contributed by atoms with Gasteiger partial charge in [-0.1, -0.05) is 42.5 Å². The van der Waals surface area contributed by atoms with Gasteiger partial charge in [0, 0.05) is 13.1 Å². The van der Waals surface area contributed by atoms with Crippen molar-refractivity contribution in [3.63, 3.8) is 0 Å². The summed E-state index contributed by atoms with van der Waals surface area (Å²) < 4.78 is 66.2. The lowest BCUT2D eigenvalue weighted by Gasteiger charge is -2.22. The molecule has 2 N–H and O–H groups in total. The van der Waals surface area contributed by atoms with E-state index >= 15 is 0 Å². The molecule has 0 fully saturated rings. The lowest BCUT2D eigenvalue weighted by molar-refractivity contribution is -0.140. The number of hydrogen-bond donors (Lipinski definition) is 2. The van der Waals surface area contributed by atoms with Crippen LogP contribution in [0.25, 0.3) is 0 Å². The van der Waals surface area contributed by atoms with Crippen LogP contribution in [0.5, 0.6) is 0 Å². The van der Waals surface area contributed by atoms with Crippen molar-refractivity contribution in [3.05, 3.63) is 65.7 Å². The maximum absolute atomic E-state index is 13.1. The van der Waals surface area contributed by atoms with Crippen LogP contribution in [-0.4, -0.2) is 44.3 Å². The molecule has 2 aromatic carbocycles. The SMILES string of the molecule is CCN(Cc1ccccc1)C(=O)CNC(=O)[C@H](C)NS(=O)(=O)c1ccccc1C(F)(F)F. The van der Waals surface area contributed by atoms with E-state index in [1.165, 1.54) is 11.8 Å². The van der Waals surface area contributed by atoms with Gasteiger partial charge in [0.15, 0.2) is 0 Å². The number of hydrogen-bond acceptors (Lipinski definition) is 4. The zero-order chi connectivity index (χ0) is 23.9. The van der Waals surface area contributed by atoms with Gasteiger partial charge in [0.25, 0.3) is 0 Å². The first kappa shape index (κ1) is 25.3. The average molecular weight is 472 g/mol. The van der Waals surface area contributed by atoms with Gasteiger partial charge in [-0.05, 0) is 31.5 Å². The highest BCUT2D eigenvalue weighted by Crippen LogP contribution is 2.33. The van der Waals surface area contributed by atoms with Crippen molar-refractivity contribution in [3.8, 4) is 0 Å². The predicted molar refractivity (Wildman–Crippen MR) is 112 cm³/mol. The largest absolute Gasteiger partial charge is 0.417 e.